The molecular weight excluding hydrogens is 470 g/mol. The van der Waals surface area contributed by atoms with Crippen molar-refractivity contribution in [3.63, 3.8) is 0 Å². The van der Waals surface area contributed by atoms with E-state index >= 15 is 0 Å². The summed E-state index contributed by atoms with van der Waals surface area (Å²) >= 11 is 0. The molecular formula is C31H35N7. The van der Waals surface area contributed by atoms with Gasteiger partial charge in [0, 0.05) is 36.6 Å². The van der Waals surface area contributed by atoms with E-state index in [0.29, 0.717) is 5.82 Å². The number of hydrogen-bond acceptors (Lipinski definition) is 5. The molecule has 0 aliphatic carbocycles. The smallest absolute Gasteiger partial charge is 0.138 e. The second kappa shape index (κ2) is 11.0. The molecule has 4 heterocycles. The van der Waals surface area contributed by atoms with E-state index in [9.17, 15) is 0 Å². The summed E-state index contributed by atoms with van der Waals surface area (Å²) in [6, 6.07) is 6.43. The van der Waals surface area contributed by atoms with Crippen molar-refractivity contribution < 1.29 is 0 Å². The molecule has 0 bridgehead atoms. The molecule has 1 saturated heterocycles. The highest BCUT2D eigenvalue weighted by Crippen LogP contribution is 2.32. The number of nitrogens with one attached hydrogen (secondary N) is 2. The number of pyridine rings is 1. The largest absolute Gasteiger partial charge is 0.388 e. The lowest BCUT2D eigenvalue weighted by Crippen LogP contribution is -2.21. The fourth-order valence-electron chi connectivity index (χ4n) is 5.02. The molecule has 0 radical (unpaired) electrons. The van der Waals surface area contributed by atoms with Crippen LogP contribution in [-0.2, 0) is 0 Å². The summed E-state index contributed by atoms with van der Waals surface area (Å²) < 4.78 is 1.95. The van der Waals surface area contributed by atoms with Crippen LogP contribution in [0.2, 0.25) is 0 Å². The van der Waals surface area contributed by atoms with Crippen LogP contribution in [0.15, 0.2) is 80.1 Å². The van der Waals surface area contributed by atoms with E-state index < -0.39 is 0 Å². The van der Waals surface area contributed by atoms with Gasteiger partial charge >= 0.3 is 0 Å². The van der Waals surface area contributed by atoms with Gasteiger partial charge in [-0.3, -0.25) is 9.88 Å². The van der Waals surface area contributed by atoms with E-state index in [4.69, 9.17) is 4.98 Å². The summed E-state index contributed by atoms with van der Waals surface area (Å²) in [6.07, 6.45) is 16.3. The van der Waals surface area contributed by atoms with Gasteiger partial charge in [0.15, 0.2) is 0 Å². The topological polar surface area (TPSA) is 74.7 Å². The number of likely N-dealkylation sites (tertiary alicyclic amines) is 1. The number of nitrogens with zero attached hydrogens (tertiary/aromatic N) is 5. The molecule has 0 amide bonds. The number of aryl methyl sites for hydroxylation is 1. The SMILES string of the molecule is C=C/C(=C\C(=C/C)c1ccc(NC)c(C(=C)c2nc3c(-n4cnc(C)c4)cncc3[nH]2)c1)CN1CCCC1. The minimum Gasteiger partial charge on any atom is -0.388 e. The molecule has 3 aromatic heterocycles. The minimum absolute atomic E-state index is 0.707. The Labute approximate surface area is 224 Å². The molecule has 38 heavy (non-hydrogen) atoms. The molecule has 1 fully saturated rings. The van der Waals surface area contributed by atoms with Crippen LogP contribution in [0.3, 0.4) is 0 Å². The molecule has 194 valence electrons. The normalized spacial score (nSPS) is 14.8. The van der Waals surface area contributed by atoms with Crippen molar-refractivity contribution in [3.8, 4) is 5.69 Å². The van der Waals surface area contributed by atoms with E-state index in [-0.39, 0.29) is 0 Å². The minimum atomic E-state index is 0.707. The average Bonchev–Trinajstić information content (AvgIpc) is 3.71. The quantitative estimate of drug-likeness (QED) is 0.266. The third kappa shape index (κ3) is 5.10. The number of benzene rings is 1. The van der Waals surface area contributed by atoms with Crippen LogP contribution in [0, 0.1) is 6.92 Å². The summed E-state index contributed by atoms with van der Waals surface area (Å²) in [6.45, 7) is 15.8. The van der Waals surface area contributed by atoms with Crippen molar-refractivity contribution >= 4 is 27.9 Å². The molecule has 7 nitrogen and oxygen atoms in total. The number of rotatable bonds is 9. The first-order valence-corrected chi connectivity index (χ1v) is 13.1. The lowest BCUT2D eigenvalue weighted by molar-refractivity contribution is 0.371. The zero-order valence-corrected chi connectivity index (χ0v) is 22.5. The number of anilines is 1. The Hall–Kier alpha value is -4.23. The maximum absolute atomic E-state index is 4.95. The van der Waals surface area contributed by atoms with Gasteiger partial charge in [-0.25, -0.2) is 9.97 Å². The fourth-order valence-corrected chi connectivity index (χ4v) is 5.02. The summed E-state index contributed by atoms with van der Waals surface area (Å²) in [4.78, 5) is 19.6. The van der Waals surface area contributed by atoms with Gasteiger partial charge in [0.05, 0.1) is 35.6 Å². The van der Waals surface area contributed by atoms with E-state index in [1.807, 2.05) is 30.8 Å². The van der Waals surface area contributed by atoms with Crippen molar-refractivity contribution in [1.29, 1.82) is 0 Å². The maximum atomic E-state index is 4.95. The van der Waals surface area contributed by atoms with Gasteiger partial charge in [-0.2, -0.15) is 0 Å². The monoisotopic (exact) mass is 505 g/mol. The maximum Gasteiger partial charge on any atom is 0.138 e. The third-order valence-electron chi connectivity index (χ3n) is 7.12. The standard InChI is InChI=1S/C31H35N7/c1-6-23(19-37-12-8-9-13-37)14-24(7-2)25-10-11-27(32-5)26(15-25)22(4)31-35-28-16-33-17-29(30(28)36-31)38-18-21(3)34-20-38/h6-7,10-11,14-18,20,32H,1,4,8-9,12-13,19H2,2-3,5H3,(H,35,36)/b23-14+,24-7+. The van der Waals surface area contributed by atoms with E-state index in [1.165, 1.54) is 18.4 Å². The van der Waals surface area contributed by atoms with Crippen LogP contribution < -0.4 is 5.32 Å². The van der Waals surface area contributed by atoms with Crippen LogP contribution in [0.5, 0.6) is 0 Å². The summed E-state index contributed by atoms with van der Waals surface area (Å²) in [5.41, 5.74) is 9.77. The first-order chi connectivity index (χ1) is 18.5. The first kappa shape index (κ1) is 25.4. The summed E-state index contributed by atoms with van der Waals surface area (Å²) in [5, 5.41) is 3.32. The lowest BCUT2D eigenvalue weighted by atomic mass is 9.96. The van der Waals surface area contributed by atoms with Gasteiger partial charge < -0.3 is 14.9 Å². The number of hydrogen-bond donors (Lipinski definition) is 2. The molecule has 0 unspecified atom stereocenters. The van der Waals surface area contributed by atoms with Crippen LogP contribution in [0.4, 0.5) is 5.69 Å². The Morgan fingerprint density at radius 3 is 2.71 bits per heavy atom. The molecule has 2 N–H and O–H groups in total. The second-order valence-electron chi connectivity index (χ2n) is 9.70. The number of aromatic amines is 1. The van der Waals surface area contributed by atoms with Gasteiger partial charge in [-0.15, -0.1) is 0 Å². The molecule has 1 aliphatic rings. The zero-order chi connectivity index (χ0) is 26.6. The Kier molecular flexibility index (Phi) is 7.38. The second-order valence-corrected chi connectivity index (χ2v) is 9.70. The van der Waals surface area contributed by atoms with Crippen molar-refractivity contribution in [2.45, 2.75) is 26.7 Å². The van der Waals surface area contributed by atoms with Crippen LogP contribution in [-0.4, -0.2) is 56.1 Å². The van der Waals surface area contributed by atoms with Crippen molar-refractivity contribution in [2.75, 3.05) is 32.0 Å². The van der Waals surface area contributed by atoms with Gasteiger partial charge in [0.2, 0.25) is 0 Å². The predicted octanol–water partition coefficient (Wildman–Crippen LogP) is 6.17. The number of fused-ring (bicyclic) bond motifs is 1. The molecule has 1 aliphatic heterocycles. The average molecular weight is 506 g/mol. The fraction of sp³-hybridized carbons (Fsp3) is 0.258. The highest BCUT2D eigenvalue weighted by atomic mass is 15.1. The molecule has 5 rings (SSSR count). The molecule has 7 heteroatoms. The Morgan fingerprint density at radius 1 is 1.21 bits per heavy atom. The summed E-state index contributed by atoms with van der Waals surface area (Å²) in [5.74, 6) is 0.707. The van der Waals surface area contributed by atoms with Crippen LogP contribution in [0.25, 0.3) is 27.9 Å². The third-order valence-corrected chi connectivity index (χ3v) is 7.12. The van der Waals surface area contributed by atoms with E-state index in [2.05, 4.69) is 75.6 Å². The zero-order valence-electron chi connectivity index (χ0n) is 22.5. The Morgan fingerprint density at radius 2 is 2.03 bits per heavy atom. The van der Waals surface area contributed by atoms with Crippen LogP contribution >= 0.6 is 0 Å². The van der Waals surface area contributed by atoms with Gasteiger partial charge in [0.1, 0.15) is 11.3 Å². The van der Waals surface area contributed by atoms with E-state index in [0.717, 1.165) is 70.0 Å². The lowest BCUT2D eigenvalue weighted by Gasteiger charge is -2.17. The number of imidazole rings is 2. The van der Waals surface area contributed by atoms with E-state index in [1.54, 1.807) is 18.7 Å². The Balaban J connectivity index is 1.50. The number of H-pyrrole nitrogens is 1. The van der Waals surface area contributed by atoms with Gasteiger partial charge in [-0.1, -0.05) is 37.5 Å². The summed E-state index contributed by atoms with van der Waals surface area (Å²) in [7, 11) is 1.93. The molecule has 0 atom stereocenters. The molecule has 1 aromatic carbocycles. The Bertz CT molecular complexity index is 1540. The van der Waals surface area contributed by atoms with Gasteiger partial charge in [0.25, 0.3) is 0 Å². The van der Waals surface area contributed by atoms with Crippen molar-refractivity contribution in [1.82, 2.24) is 29.4 Å². The first-order valence-electron chi connectivity index (χ1n) is 13.1. The number of aromatic nitrogens is 5. The van der Waals surface area contributed by atoms with Crippen LogP contribution in [0.1, 0.15) is 42.4 Å². The van der Waals surface area contributed by atoms with Gasteiger partial charge in [-0.05, 0) is 68.6 Å². The number of allylic oxidation sites excluding steroid dienone is 3. The highest BCUT2D eigenvalue weighted by Gasteiger charge is 2.17. The predicted molar refractivity (Wildman–Crippen MR) is 157 cm³/mol. The highest BCUT2D eigenvalue weighted by molar-refractivity contribution is 5.90. The van der Waals surface area contributed by atoms with Crippen molar-refractivity contribution in [2.24, 2.45) is 0 Å². The molecule has 0 saturated carbocycles. The molecule has 4 aromatic rings. The molecule has 0 spiro atoms. The van der Waals surface area contributed by atoms with Crippen molar-refractivity contribution in [3.05, 3.63) is 103 Å².